The zero-order valence-corrected chi connectivity index (χ0v) is 16.7. The van der Waals surface area contributed by atoms with Gasteiger partial charge in [-0.25, -0.2) is 9.78 Å². The fourth-order valence-electron chi connectivity index (χ4n) is 2.63. The smallest absolute Gasteiger partial charge is 0.433 e. The molecule has 0 spiro atoms. The maximum absolute atomic E-state index is 13.2. The number of hydrogen-bond acceptors (Lipinski definition) is 11. The van der Waals surface area contributed by atoms with E-state index in [4.69, 9.17) is 29.2 Å². The summed E-state index contributed by atoms with van der Waals surface area (Å²) in [7, 11) is 0. The number of aliphatic carboxylic acids is 1. The maximum Gasteiger partial charge on any atom is 0.433 e. The van der Waals surface area contributed by atoms with Crippen LogP contribution in [0.3, 0.4) is 0 Å². The highest BCUT2D eigenvalue weighted by atomic mass is 19.4. The van der Waals surface area contributed by atoms with Gasteiger partial charge in [0, 0.05) is 6.07 Å². The number of aromatic nitrogens is 2. The third-order valence-electron chi connectivity index (χ3n) is 4.20. The Hall–Kier alpha value is -2.30. The molecule has 1 fully saturated rings. The van der Waals surface area contributed by atoms with Gasteiger partial charge in [0.25, 0.3) is 0 Å². The Bertz CT molecular complexity index is 741. The van der Waals surface area contributed by atoms with Crippen LogP contribution in [0.5, 0.6) is 5.88 Å². The Morgan fingerprint density at radius 1 is 1.16 bits per heavy atom. The van der Waals surface area contributed by atoms with Crippen molar-refractivity contribution in [1.29, 1.82) is 0 Å². The van der Waals surface area contributed by atoms with Gasteiger partial charge in [0.05, 0.1) is 39.1 Å². The lowest BCUT2D eigenvalue weighted by molar-refractivity contribution is -0.152. The Balaban J connectivity index is 1.94. The first-order valence-electron chi connectivity index (χ1n) is 9.43. The van der Waals surface area contributed by atoms with Gasteiger partial charge in [-0.2, -0.15) is 18.2 Å². The number of halogens is 3. The monoisotopic (exact) mass is 471 g/mol. The molecule has 1 saturated heterocycles. The number of nitrogens with one attached hydrogen (secondary N) is 1. The molecular formula is C17H24F3N3O9. The number of ether oxygens (including phenoxy) is 4. The van der Waals surface area contributed by atoms with Gasteiger partial charge < -0.3 is 44.7 Å². The number of nitrogens with zero attached hydrogens (tertiary/aromatic N) is 2. The molecule has 0 aromatic carbocycles. The number of carboxylic acids is 1. The first-order valence-corrected chi connectivity index (χ1v) is 9.43. The standard InChI is InChI=1S/C17H24F3N3O9/c18-17(19,20)11-5-12(31-4-3-29-1-2-30-8-13(25)26)23-16(22-11)21-9-7-32-10(6-24)15(28)14(9)27/h5,9-10,14-15,24,27-28H,1-4,6-8H2,(H,25,26)(H,21,22,23)/t9-,10+,14+,15-/m0/s1. The lowest BCUT2D eigenvalue weighted by Crippen LogP contribution is -2.56. The molecule has 1 aliphatic heterocycles. The van der Waals surface area contributed by atoms with E-state index in [0.29, 0.717) is 6.07 Å². The molecule has 5 N–H and O–H groups in total. The van der Waals surface area contributed by atoms with Crippen LogP contribution in [0, 0.1) is 0 Å². The van der Waals surface area contributed by atoms with Gasteiger partial charge in [-0.1, -0.05) is 0 Å². The quantitative estimate of drug-likeness (QED) is 0.233. The zero-order chi connectivity index (χ0) is 23.7. The van der Waals surface area contributed by atoms with E-state index in [9.17, 15) is 28.2 Å². The van der Waals surface area contributed by atoms with Gasteiger partial charge in [-0.3, -0.25) is 0 Å². The second kappa shape index (κ2) is 12.1. The van der Waals surface area contributed by atoms with Crippen molar-refractivity contribution < 1.29 is 57.3 Å². The number of carbonyl (C=O) groups is 1. The van der Waals surface area contributed by atoms with E-state index in [2.05, 4.69) is 15.3 Å². The predicted molar refractivity (Wildman–Crippen MR) is 98.1 cm³/mol. The van der Waals surface area contributed by atoms with Gasteiger partial charge >= 0.3 is 12.1 Å². The second-order valence-electron chi connectivity index (χ2n) is 6.61. The molecule has 0 amide bonds. The molecule has 0 radical (unpaired) electrons. The average molecular weight is 471 g/mol. The van der Waals surface area contributed by atoms with Crippen molar-refractivity contribution in [3.05, 3.63) is 11.8 Å². The van der Waals surface area contributed by atoms with Crippen molar-refractivity contribution in [3.8, 4) is 5.88 Å². The van der Waals surface area contributed by atoms with Crippen molar-refractivity contribution in [2.24, 2.45) is 0 Å². The van der Waals surface area contributed by atoms with Gasteiger partial charge in [-0.15, -0.1) is 0 Å². The number of hydrogen-bond donors (Lipinski definition) is 5. The lowest BCUT2D eigenvalue weighted by Gasteiger charge is -2.37. The van der Waals surface area contributed by atoms with E-state index in [1.807, 2.05) is 0 Å². The second-order valence-corrected chi connectivity index (χ2v) is 6.61. The molecule has 0 aliphatic carbocycles. The van der Waals surface area contributed by atoms with Crippen LogP contribution < -0.4 is 10.1 Å². The average Bonchev–Trinajstić information content (AvgIpc) is 2.72. The zero-order valence-electron chi connectivity index (χ0n) is 16.7. The summed E-state index contributed by atoms with van der Waals surface area (Å²) in [6.07, 6.45) is -8.76. The van der Waals surface area contributed by atoms with E-state index in [0.717, 1.165) is 0 Å². The molecule has 182 valence electrons. The number of carboxylic acid groups (broad SMARTS) is 1. The Labute approximate surface area is 179 Å². The molecule has 1 aromatic rings. The lowest BCUT2D eigenvalue weighted by atomic mass is 9.98. The van der Waals surface area contributed by atoms with Crippen LogP contribution >= 0.6 is 0 Å². The molecule has 2 rings (SSSR count). The summed E-state index contributed by atoms with van der Waals surface area (Å²) < 4.78 is 59.7. The van der Waals surface area contributed by atoms with Crippen molar-refractivity contribution in [2.75, 3.05) is 51.6 Å². The highest BCUT2D eigenvalue weighted by molar-refractivity contribution is 5.67. The van der Waals surface area contributed by atoms with E-state index in [1.165, 1.54) is 0 Å². The minimum absolute atomic E-state index is 0.0148. The molecular weight excluding hydrogens is 447 g/mol. The van der Waals surface area contributed by atoms with Crippen molar-refractivity contribution in [2.45, 2.75) is 30.5 Å². The fourth-order valence-corrected chi connectivity index (χ4v) is 2.63. The van der Waals surface area contributed by atoms with Crippen molar-refractivity contribution >= 4 is 11.9 Å². The molecule has 12 nitrogen and oxygen atoms in total. The van der Waals surface area contributed by atoms with Gasteiger partial charge in [-0.05, 0) is 0 Å². The van der Waals surface area contributed by atoms with Gasteiger partial charge in [0.15, 0.2) is 5.69 Å². The number of alkyl halides is 3. The molecule has 1 aromatic heterocycles. The number of aliphatic hydroxyl groups excluding tert-OH is 3. The molecule has 1 aliphatic rings. The minimum atomic E-state index is -4.81. The highest BCUT2D eigenvalue weighted by Gasteiger charge is 2.39. The summed E-state index contributed by atoms with van der Waals surface area (Å²) in [6, 6.07) is -0.454. The Kier molecular flexibility index (Phi) is 9.80. The van der Waals surface area contributed by atoms with E-state index in [-0.39, 0.29) is 33.0 Å². The third kappa shape index (κ3) is 7.99. The first kappa shape index (κ1) is 26.0. The SMILES string of the molecule is O=C(O)COCCOCCOc1cc(C(F)(F)F)nc(N[C@H]2CO[C@H](CO)[C@H](O)[C@@H]2O)n1. The van der Waals surface area contributed by atoms with Crippen LogP contribution in [-0.4, -0.2) is 107 Å². The van der Waals surface area contributed by atoms with Crippen molar-refractivity contribution in [3.63, 3.8) is 0 Å². The number of rotatable bonds is 12. The fraction of sp³-hybridized carbons (Fsp3) is 0.706. The number of aliphatic hydroxyl groups is 3. The molecule has 4 atom stereocenters. The summed E-state index contributed by atoms with van der Waals surface area (Å²) in [5.41, 5.74) is -1.30. The summed E-state index contributed by atoms with van der Waals surface area (Å²) in [4.78, 5) is 17.5. The van der Waals surface area contributed by atoms with Crippen LogP contribution in [0.25, 0.3) is 0 Å². The molecule has 0 unspecified atom stereocenters. The first-order chi connectivity index (χ1) is 15.1. The van der Waals surface area contributed by atoms with Crippen LogP contribution in [0.15, 0.2) is 6.07 Å². The normalized spacial score (nSPS) is 23.7. The van der Waals surface area contributed by atoms with E-state index in [1.54, 1.807) is 0 Å². The summed E-state index contributed by atoms with van der Waals surface area (Å²) in [5, 5.41) is 40.0. The van der Waals surface area contributed by atoms with Gasteiger partial charge in [0.2, 0.25) is 11.8 Å². The molecule has 2 heterocycles. The summed E-state index contributed by atoms with van der Waals surface area (Å²) in [5.74, 6) is -2.06. The Morgan fingerprint density at radius 3 is 2.50 bits per heavy atom. The topological polar surface area (TPSA) is 173 Å². The van der Waals surface area contributed by atoms with Crippen molar-refractivity contribution in [1.82, 2.24) is 9.97 Å². The minimum Gasteiger partial charge on any atom is -0.480 e. The van der Waals surface area contributed by atoms with Gasteiger partial charge in [0.1, 0.15) is 31.5 Å². The molecule has 0 saturated carbocycles. The summed E-state index contributed by atoms with van der Waals surface area (Å²) >= 11 is 0. The van der Waals surface area contributed by atoms with Crippen LogP contribution in [0.2, 0.25) is 0 Å². The van der Waals surface area contributed by atoms with Crippen LogP contribution in [0.4, 0.5) is 19.1 Å². The largest absolute Gasteiger partial charge is 0.480 e. The molecule has 15 heteroatoms. The predicted octanol–water partition coefficient (Wildman–Crippen LogP) is -1.11. The third-order valence-corrected chi connectivity index (χ3v) is 4.20. The Morgan fingerprint density at radius 2 is 1.84 bits per heavy atom. The van der Waals surface area contributed by atoms with Crippen LogP contribution in [-0.2, 0) is 25.2 Å². The maximum atomic E-state index is 13.2. The summed E-state index contributed by atoms with van der Waals surface area (Å²) in [6.45, 7) is -1.38. The number of anilines is 1. The molecule has 32 heavy (non-hydrogen) atoms. The highest BCUT2D eigenvalue weighted by Crippen LogP contribution is 2.30. The molecule has 0 bridgehead atoms. The van der Waals surface area contributed by atoms with E-state index >= 15 is 0 Å². The van der Waals surface area contributed by atoms with Crippen LogP contribution in [0.1, 0.15) is 5.69 Å². The van der Waals surface area contributed by atoms with E-state index < -0.39 is 67.2 Å².